The third-order valence-electron chi connectivity index (χ3n) is 5.48. The summed E-state index contributed by atoms with van der Waals surface area (Å²) in [5.74, 6) is -3.45. The number of nitrogens with one attached hydrogen (secondary N) is 3. The number of phenolic OH excluding ortho intramolecular Hbond substituents is 1. The van der Waals surface area contributed by atoms with Crippen molar-refractivity contribution in [1.29, 1.82) is 0 Å². The average molecular weight is 573 g/mol. The number of carbonyl (C=O) groups excluding carboxylic acids is 3. The van der Waals surface area contributed by atoms with Gasteiger partial charge >= 0.3 is 11.9 Å². The van der Waals surface area contributed by atoms with E-state index in [0.717, 1.165) is 5.56 Å². The van der Waals surface area contributed by atoms with Crippen LogP contribution in [0.25, 0.3) is 0 Å². The molecule has 4 atom stereocenters. The van der Waals surface area contributed by atoms with Crippen LogP contribution in [0.3, 0.4) is 0 Å². The number of hydrogen-bond donors (Lipinski definition) is 7. The Hall–Kier alpha value is -2.97. The van der Waals surface area contributed by atoms with E-state index >= 15 is 0 Å². The summed E-state index contributed by atoms with van der Waals surface area (Å²) in [4.78, 5) is 61.1. The third kappa shape index (κ3) is 12.5. The summed E-state index contributed by atoms with van der Waals surface area (Å²) in [6.45, 7) is 0. The molecule has 8 N–H and O–H groups in total. The van der Waals surface area contributed by atoms with Crippen molar-refractivity contribution in [2.24, 2.45) is 5.73 Å². The monoisotopic (exact) mass is 572 g/mol. The van der Waals surface area contributed by atoms with Crippen molar-refractivity contribution in [1.82, 2.24) is 16.0 Å². The SMILES string of the molecule is CSCCC(NC(=O)C(N)Cc1ccc(O)cc1)C(=O)NC(CCSC)C(=O)NC(CCC(=O)O)C(=O)O. The second-order valence-corrected chi connectivity index (χ2v) is 10.5. The van der Waals surface area contributed by atoms with Crippen molar-refractivity contribution < 1.29 is 39.3 Å². The summed E-state index contributed by atoms with van der Waals surface area (Å²) < 4.78 is 0. The highest BCUT2D eigenvalue weighted by atomic mass is 32.2. The molecule has 0 bridgehead atoms. The van der Waals surface area contributed by atoms with Crippen molar-refractivity contribution >= 4 is 53.2 Å². The lowest BCUT2D eigenvalue weighted by atomic mass is 10.0. The largest absolute Gasteiger partial charge is 0.508 e. The van der Waals surface area contributed by atoms with E-state index in [1.807, 2.05) is 6.26 Å². The van der Waals surface area contributed by atoms with Crippen LogP contribution in [0.4, 0.5) is 0 Å². The van der Waals surface area contributed by atoms with Gasteiger partial charge in [0.1, 0.15) is 23.9 Å². The van der Waals surface area contributed by atoms with Crippen molar-refractivity contribution in [3.05, 3.63) is 29.8 Å². The molecule has 4 unspecified atom stereocenters. The van der Waals surface area contributed by atoms with Gasteiger partial charge in [-0.3, -0.25) is 19.2 Å². The first kappa shape index (κ1) is 33.1. The van der Waals surface area contributed by atoms with Gasteiger partial charge in [0.2, 0.25) is 17.7 Å². The fraction of sp³-hybridized carbons (Fsp3) is 0.542. The number of rotatable bonds is 18. The van der Waals surface area contributed by atoms with Crippen molar-refractivity contribution in [3.63, 3.8) is 0 Å². The number of carboxylic acids is 2. The molecule has 3 amide bonds. The van der Waals surface area contributed by atoms with Gasteiger partial charge in [0.25, 0.3) is 0 Å². The Morgan fingerprint density at radius 1 is 0.789 bits per heavy atom. The summed E-state index contributed by atoms with van der Waals surface area (Å²) in [5, 5.41) is 35.2. The molecule has 0 radical (unpaired) electrons. The molecule has 0 saturated carbocycles. The Morgan fingerprint density at radius 2 is 1.26 bits per heavy atom. The maximum atomic E-state index is 13.1. The van der Waals surface area contributed by atoms with Crippen molar-refractivity contribution in [2.75, 3.05) is 24.0 Å². The average Bonchev–Trinajstić information content (AvgIpc) is 2.87. The van der Waals surface area contributed by atoms with Crippen LogP contribution in [0.1, 0.15) is 31.2 Å². The van der Waals surface area contributed by atoms with E-state index in [4.69, 9.17) is 10.8 Å². The lowest BCUT2D eigenvalue weighted by Crippen LogP contribution is -2.57. The molecule has 0 fully saturated rings. The predicted molar refractivity (Wildman–Crippen MR) is 146 cm³/mol. The summed E-state index contributed by atoms with van der Waals surface area (Å²) >= 11 is 2.89. The van der Waals surface area contributed by atoms with E-state index < -0.39 is 60.2 Å². The number of carbonyl (C=O) groups is 5. The number of hydrogen-bond acceptors (Lipinski definition) is 9. The number of aromatic hydroxyl groups is 1. The minimum absolute atomic E-state index is 0.0807. The van der Waals surface area contributed by atoms with Crippen LogP contribution in [0.15, 0.2) is 24.3 Å². The lowest BCUT2D eigenvalue weighted by molar-refractivity contribution is -0.143. The van der Waals surface area contributed by atoms with Crippen LogP contribution < -0.4 is 21.7 Å². The third-order valence-corrected chi connectivity index (χ3v) is 6.77. The number of aliphatic carboxylic acids is 2. The molecule has 212 valence electrons. The molecular weight excluding hydrogens is 536 g/mol. The summed E-state index contributed by atoms with van der Waals surface area (Å²) in [6.07, 6.45) is 3.50. The highest BCUT2D eigenvalue weighted by Gasteiger charge is 2.30. The summed E-state index contributed by atoms with van der Waals surface area (Å²) in [6, 6.07) is 1.73. The molecule has 0 aliphatic heterocycles. The van der Waals surface area contributed by atoms with E-state index in [-0.39, 0.29) is 31.4 Å². The van der Waals surface area contributed by atoms with E-state index in [9.17, 15) is 34.2 Å². The Labute approximate surface area is 229 Å². The molecule has 0 aromatic heterocycles. The molecule has 0 aliphatic rings. The maximum absolute atomic E-state index is 13.1. The predicted octanol–water partition coefficient (Wildman–Crippen LogP) is 0.172. The number of nitrogens with two attached hydrogens (primary N) is 1. The highest BCUT2D eigenvalue weighted by Crippen LogP contribution is 2.12. The Kier molecular flexibility index (Phi) is 15.2. The molecular formula is C24H36N4O8S2. The minimum Gasteiger partial charge on any atom is -0.508 e. The molecule has 0 spiro atoms. The van der Waals surface area contributed by atoms with Crippen LogP contribution in [-0.2, 0) is 30.4 Å². The standard InChI is InChI=1S/C24H36N4O8S2/c1-37-11-9-17(26-21(32)16(25)13-14-3-5-15(29)6-4-14)22(33)27-18(10-12-38-2)23(34)28-19(24(35)36)7-8-20(30)31/h3-6,16-19,29H,7-13,25H2,1-2H3,(H,26,32)(H,27,33)(H,28,34)(H,30,31)(H,35,36). The topological polar surface area (TPSA) is 208 Å². The van der Waals surface area contributed by atoms with Gasteiger partial charge in [0.05, 0.1) is 6.04 Å². The van der Waals surface area contributed by atoms with Gasteiger partial charge in [-0.15, -0.1) is 0 Å². The molecule has 0 aliphatic carbocycles. The zero-order chi connectivity index (χ0) is 28.7. The van der Waals surface area contributed by atoms with Crippen molar-refractivity contribution in [3.8, 4) is 5.75 Å². The first-order valence-corrected chi connectivity index (χ1v) is 14.6. The van der Waals surface area contributed by atoms with Gasteiger partial charge in [0.15, 0.2) is 0 Å². The maximum Gasteiger partial charge on any atom is 0.326 e. The van der Waals surface area contributed by atoms with Gasteiger partial charge in [-0.05, 0) is 67.4 Å². The smallest absolute Gasteiger partial charge is 0.326 e. The van der Waals surface area contributed by atoms with Crippen LogP contribution in [-0.4, -0.2) is 93.2 Å². The van der Waals surface area contributed by atoms with Crippen LogP contribution >= 0.6 is 23.5 Å². The second-order valence-electron chi connectivity index (χ2n) is 8.49. The fourth-order valence-corrected chi connectivity index (χ4v) is 4.28. The number of phenols is 1. The molecule has 14 heteroatoms. The van der Waals surface area contributed by atoms with Crippen molar-refractivity contribution in [2.45, 2.75) is 56.3 Å². The van der Waals surface area contributed by atoms with E-state index in [2.05, 4.69) is 16.0 Å². The van der Waals surface area contributed by atoms with Gasteiger partial charge in [-0.25, -0.2) is 4.79 Å². The van der Waals surface area contributed by atoms with Crippen LogP contribution in [0.5, 0.6) is 5.75 Å². The van der Waals surface area contributed by atoms with E-state index in [1.54, 1.807) is 18.4 Å². The summed E-state index contributed by atoms with van der Waals surface area (Å²) in [7, 11) is 0. The van der Waals surface area contributed by atoms with Gasteiger partial charge in [-0.2, -0.15) is 23.5 Å². The van der Waals surface area contributed by atoms with Gasteiger partial charge in [0, 0.05) is 6.42 Å². The Morgan fingerprint density at radius 3 is 1.71 bits per heavy atom. The zero-order valence-corrected chi connectivity index (χ0v) is 23.0. The zero-order valence-electron chi connectivity index (χ0n) is 21.3. The lowest BCUT2D eigenvalue weighted by Gasteiger charge is -2.25. The number of amides is 3. The molecule has 1 aromatic carbocycles. The Bertz CT molecular complexity index is 948. The highest BCUT2D eigenvalue weighted by molar-refractivity contribution is 7.98. The van der Waals surface area contributed by atoms with Gasteiger partial charge in [-0.1, -0.05) is 12.1 Å². The number of benzene rings is 1. The minimum atomic E-state index is -1.43. The number of carboxylic acid groups (broad SMARTS) is 2. The van der Waals surface area contributed by atoms with E-state index in [0.29, 0.717) is 11.5 Å². The molecule has 1 aromatic rings. The first-order valence-electron chi connectivity index (χ1n) is 11.9. The Balaban J connectivity index is 2.92. The van der Waals surface area contributed by atoms with Crippen LogP contribution in [0, 0.1) is 0 Å². The first-order chi connectivity index (χ1) is 18.0. The second kappa shape index (κ2) is 17.5. The van der Waals surface area contributed by atoms with Gasteiger partial charge < -0.3 is 37.0 Å². The fourth-order valence-electron chi connectivity index (χ4n) is 3.34. The summed E-state index contributed by atoms with van der Waals surface area (Å²) in [5.41, 5.74) is 6.76. The number of thioether (sulfide) groups is 2. The normalized spacial score (nSPS) is 14.0. The molecule has 38 heavy (non-hydrogen) atoms. The molecule has 1 rings (SSSR count). The molecule has 0 saturated heterocycles. The molecule has 12 nitrogen and oxygen atoms in total. The quantitative estimate of drug-likeness (QED) is 0.126. The molecule has 0 heterocycles. The van der Waals surface area contributed by atoms with E-state index in [1.165, 1.54) is 35.7 Å². The van der Waals surface area contributed by atoms with Crippen LogP contribution in [0.2, 0.25) is 0 Å².